The first-order valence-electron chi connectivity index (χ1n) is 7.47. The quantitative estimate of drug-likeness (QED) is 0.313. The zero-order chi connectivity index (χ0) is 17.2. The number of carbonyl (C=O) groups is 1. The van der Waals surface area contributed by atoms with Gasteiger partial charge in [-0.15, -0.1) is 11.8 Å². The fraction of sp³-hybridized carbons (Fsp3) is 0.211. The second kappa shape index (κ2) is 9.67. The van der Waals surface area contributed by atoms with Crippen LogP contribution in [0.25, 0.3) is 6.08 Å². The van der Waals surface area contributed by atoms with Gasteiger partial charge in [0.2, 0.25) is 0 Å². The van der Waals surface area contributed by atoms with E-state index in [0.717, 1.165) is 11.3 Å². The van der Waals surface area contributed by atoms with Crippen molar-refractivity contribution in [2.24, 2.45) is 0 Å². The van der Waals surface area contributed by atoms with E-state index in [2.05, 4.69) is 16.9 Å². The van der Waals surface area contributed by atoms with Crippen molar-refractivity contribution in [3.8, 4) is 11.5 Å². The minimum atomic E-state index is -0.396. The Morgan fingerprint density at radius 3 is 2.58 bits per heavy atom. The summed E-state index contributed by atoms with van der Waals surface area (Å²) in [6.45, 7) is 0.577. The van der Waals surface area contributed by atoms with Gasteiger partial charge in [-0.3, -0.25) is 0 Å². The molecule has 0 bridgehead atoms. The lowest BCUT2D eigenvalue weighted by atomic mass is 10.2. The predicted octanol–water partition coefficient (Wildman–Crippen LogP) is 4.05. The molecule has 0 fully saturated rings. The number of rotatable bonds is 8. The van der Waals surface area contributed by atoms with Gasteiger partial charge < -0.3 is 14.2 Å². The van der Waals surface area contributed by atoms with Crippen LogP contribution in [0.5, 0.6) is 11.5 Å². The molecule has 0 aliphatic carbocycles. The van der Waals surface area contributed by atoms with Crippen LogP contribution in [-0.2, 0) is 9.53 Å². The highest BCUT2D eigenvalue weighted by molar-refractivity contribution is 7.99. The number of esters is 1. The maximum Gasteiger partial charge on any atom is 0.330 e. The van der Waals surface area contributed by atoms with E-state index in [0.29, 0.717) is 18.1 Å². The molecule has 2 aromatic rings. The van der Waals surface area contributed by atoms with Crippen LogP contribution in [-0.4, -0.2) is 32.5 Å². The molecule has 2 rings (SSSR count). The van der Waals surface area contributed by atoms with E-state index in [4.69, 9.17) is 9.47 Å². The average Bonchev–Trinajstić information content (AvgIpc) is 2.64. The highest BCUT2D eigenvalue weighted by Crippen LogP contribution is 2.29. The van der Waals surface area contributed by atoms with Gasteiger partial charge >= 0.3 is 5.97 Å². The lowest BCUT2D eigenvalue weighted by molar-refractivity contribution is -0.134. The van der Waals surface area contributed by atoms with Crippen molar-refractivity contribution in [1.82, 2.24) is 0 Å². The largest absolute Gasteiger partial charge is 0.493 e. The van der Waals surface area contributed by atoms with Crippen molar-refractivity contribution in [3.63, 3.8) is 0 Å². The summed E-state index contributed by atoms with van der Waals surface area (Å²) in [6.07, 6.45) is 3.04. The zero-order valence-corrected chi connectivity index (χ0v) is 14.5. The molecule has 0 radical (unpaired) electrons. The van der Waals surface area contributed by atoms with Crippen molar-refractivity contribution in [2.45, 2.75) is 4.90 Å². The maximum atomic E-state index is 11.1. The topological polar surface area (TPSA) is 44.8 Å². The van der Waals surface area contributed by atoms with E-state index in [1.165, 1.54) is 18.1 Å². The number of hydrogen-bond donors (Lipinski definition) is 0. The molecule has 4 nitrogen and oxygen atoms in total. The lowest BCUT2D eigenvalue weighted by Crippen LogP contribution is -2.02. The molecule has 2 aromatic carbocycles. The van der Waals surface area contributed by atoms with Gasteiger partial charge in [0, 0.05) is 16.7 Å². The third kappa shape index (κ3) is 5.66. The van der Waals surface area contributed by atoms with E-state index >= 15 is 0 Å². The van der Waals surface area contributed by atoms with Crippen LogP contribution >= 0.6 is 11.8 Å². The maximum absolute atomic E-state index is 11.1. The minimum absolute atomic E-state index is 0.396. The third-order valence-corrected chi connectivity index (χ3v) is 4.13. The Balaban J connectivity index is 1.90. The van der Waals surface area contributed by atoms with Crippen molar-refractivity contribution >= 4 is 23.8 Å². The summed E-state index contributed by atoms with van der Waals surface area (Å²) in [6, 6.07) is 15.7. The molecule has 24 heavy (non-hydrogen) atoms. The number of methoxy groups -OCH3 is 2. The van der Waals surface area contributed by atoms with Crippen LogP contribution in [0.3, 0.4) is 0 Å². The molecule has 0 amide bonds. The second-order valence-electron chi connectivity index (χ2n) is 4.78. The summed E-state index contributed by atoms with van der Waals surface area (Å²) in [5.74, 6) is 1.76. The molecule has 0 heterocycles. The Hall–Kier alpha value is -2.40. The van der Waals surface area contributed by atoms with Crippen LogP contribution < -0.4 is 9.47 Å². The Kier molecular flexibility index (Phi) is 7.23. The number of hydrogen-bond acceptors (Lipinski definition) is 5. The average molecular weight is 344 g/mol. The third-order valence-electron chi connectivity index (χ3n) is 3.15. The van der Waals surface area contributed by atoms with Crippen molar-refractivity contribution < 1.29 is 19.0 Å². The molecule has 0 saturated heterocycles. The first kappa shape index (κ1) is 17.9. The van der Waals surface area contributed by atoms with Gasteiger partial charge in [-0.1, -0.05) is 24.3 Å². The molecule has 126 valence electrons. The Morgan fingerprint density at radius 2 is 1.88 bits per heavy atom. The fourth-order valence-corrected chi connectivity index (χ4v) is 2.72. The molecule has 5 heteroatoms. The van der Waals surface area contributed by atoms with Crippen molar-refractivity contribution in [2.75, 3.05) is 26.6 Å². The van der Waals surface area contributed by atoms with Crippen LogP contribution in [0.4, 0.5) is 0 Å². The molecule has 0 saturated carbocycles. The van der Waals surface area contributed by atoms with Crippen LogP contribution in [0.15, 0.2) is 59.5 Å². The number of thioether (sulfide) groups is 1. The molecule has 0 aliphatic rings. The van der Waals surface area contributed by atoms with Gasteiger partial charge in [0.25, 0.3) is 0 Å². The van der Waals surface area contributed by atoms with Crippen LogP contribution in [0, 0.1) is 0 Å². The Labute approximate surface area is 146 Å². The molecular weight excluding hydrogens is 324 g/mol. The van der Waals surface area contributed by atoms with E-state index in [-0.39, 0.29) is 0 Å². The molecule has 0 N–H and O–H groups in total. The SMILES string of the molecule is COC(=O)C=Cc1ccc(OCCSc2ccccc2)c(OC)c1. The molecule has 0 unspecified atom stereocenters. The van der Waals surface area contributed by atoms with Crippen LogP contribution in [0.1, 0.15) is 5.56 Å². The summed E-state index contributed by atoms with van der Waals surface area (Å²) < 4.78 is 15.7. The number of carbonyl (C=O) groups excluding carboxylic acids is 1. The van der Waals surface area contributed by atoms with Crippen LogP contribution in [0.2, 0.25) is 0 Å². The number of benzene rings is 2. The molecule has 0 aliphatic heterocycles. The Bertz CT molecular complexity index is 683. The monoisotopic (exact) mass is 344 g/mol. The summed E-state index contributed by atoms with van der Waals surface area (Å²) in [7, 11) is 2.94. The van der Waals surface area contributed by atoms with Gasteiger partial charge in [-0.2, -0.15) is 0 Å². The smallest absolute Gasteiger partial charge is 0.330 e. The molecule has 0 aromatic heterocycles. The van der Waals surface area contributed by atoms with Gasteiger partial charge in [-0.25, -0.2) is 4.79 Å². The van der Waals surface area contributed by atoms with Gasteiger partial charge in [0.1, 0.15) is 0 Å². The van der Waals surface area contributed by atoms with E-state index < -0.39 is 5.97 Å². The van der Waals surface area contributed by atoms with Gasteiger partial charge in [-0.05, 0) is 35.9 Å². The minimum Gasteiger partial charge on any atom is -0.493 e. The Morgan fingerprint density at radius 1 is 1.08 bits per heavy atom. The van der Waals surface area contributed by atoms with E-state index in [1.807, 2.05) is 36.4 Å². The molecule has 0 spiro atoms. The summed E-state index contributed by atoms with van der Waals surface area (Å²) in [5, 5.41) is 0. The lowest BCUT2D eigenvalue weighted by Gasteiger charge is -2.11. The van der Waals surface area contributed by atoms with Crippen molar-refractivity contribution in [3.05, 3.63) is 60.2 Å². The highest BCUT2D eigenvalue weighted by Gasteiger charge is 2.05. The predicted molar refractivity (Wildman–Crippen MR) is 96.7 cm³/mol. The second-order valence-corrected chi connectivity index (χ2v) is 5.95. The summed E-state index contributed by atoms with van der Waals surface area (Å²) >= 11 is 1.74. The first-order chi connectivity index (χ1) is 11.7. The molecular formula is C19H20O4S. The van der Waals surface area contributed by atoms with Crippen molar-refractivity contribution in [1.29, 1.82) is 0 Å². The highest BCUT2D eigenvalue weighted by atomic mass is 32.2. The molecule has 0 atom stereocenters. The van der Waals surface area contributed by atoms with Gasteiger partial charge in [0.15, 0.2) is 11.5 Å². The normalized spacial score (nSPS) is 10.6. The van der Waals surface area contributed by atoms with E-state index in [1.54, 1.807) is 24.9 Å². The standard InChI is InChI=1S/C19H20O4S/c1-21-18-14-15(9-11-19(20)22-2)8-10-17(18)23-12-13-24-16-6-4-3-5-7-16/h3-11,14H,12-13H2,1-2H3. The summed E-state index contributed by atoms with van der Waals surface area (Å²) in [4.78, 5) is 12.3. The first-order valence-corrected chi connectivity index (χ1v) is 8.46. The fourth-order valence-electron chi connectivity index (χ4n) is 1.97. The van der Waals surface area contributed by atoms with E-state index in [9.17, 15) is 4.79 Å². The number of ether oxygens (including phenoxy) is 3. The summed E-state index contributed by atoms with van der Waals surface area (Å²) in [5.41, 5.74) is 0.836. The zero-order valence-electron chi connectivity index (χ0n) is 13.7. The van der Waals surface area contributed by atoms with Gasteiger partial charge in [0.05, 0.1) is 20.8 Å².